The van der Waals surface area contributed by atoms with Gasteiger partial charge in [-0.05, 0) is 36.4 Å². The van der Waals surface area contributed by atoms with E-state index in [-0.39, 0.29) is 5.56 Å². The topological polar surface area (TPSA) is 78.8 Å². The van der Waals surface area contributed by atoms with Crippen LogP contribution in [0.15, 0.2) is 89.7 Å². The normalized spacial score (nSPS) is 10.2. The lowest BCUT2D eigenvalue weighted by Gasteiger charge is -2.09. The Labute approximate surface area is 161 Å². The van der Waals surface area contributed by atoms with Gasteiger partial charge >= 0.3 is 0 Å². The van der Waals surface area contributed by atoms with Crippen molar-refractivity contribution < 1.29 is 4.74 Å². The zero-order valence-corrected chi connectivity index (χ0v) is 14.8. The highest BCUT2D eigenvalue weighted by molar-refractivity contribution is 5.69. The first-order chi connectivity index (χ1) is 13.7. The number of nitrogens with one attached hydrogen (secondary N) is 1. The summed E-state index contributed by atoms with van der Waals surface area (Å²) in [6.07, 6.45) is 0. The fourth-order valence-electron chi connectivity index (χ4n) is 2.82. The predicted octanol–water partition coefficient (Wildman–Crippen LogP) is 4.77. The highest BCUT2D eigenvalue weighted by atomic mass is 16.5. The Bertz CT molecular complexity index is 1190. The third-order valence-electron chi connectivity index (χ3n) is 4.19. The first kappa shape index (κ1) is 17.3. The summed E-state index contributed by atoms with van der Waals surface area (Å²) in [6.45, 7) is 0. The van der Waals surface area contributed by atoms with Gasteiger partial charge < -0.3 is 9.72 Å². The molecule has 0 bridgehead atoms. The Morgan fingerprint density at radius 1 is 0.786 bits per heavy atom. The SMILES string of the molecule is N#Cc1c(-c2ccc(Oc3ccccc3)cc2)nc(-c2ccccc2)[nH]c1=O. The van der Waals surface area contributed by atoms with Crippen molar-refractivity contribution in [2.75, 3.05) is 0 Å². The van der Waals surface area contributed by atoms with Gasteiger partial charge in [0.25, 0.3) is 5.56 Å². The lowest BCUT2D eigenvalue weighted by molar-refractivity contribution is 0.483. The molecule has 134 valence electrons. The Kier molecular flexibility index (Phi) is 4.68. The molecule has 0 amide bonds. The number of benzene rings is 3. The minimum absolute atomic E-state index is 0.0172. The van der Waals surface area contributed by atoms with E-state index in [9.17, 15) is 10.1 Å². The molecule has 0 radical (unpaired) electrons. The molecule has 0 aliphatic carbocycles. The van der Waals surface area contributed by atoms with E-state index >= 15 is 0 Å². The van der Waals surface area contributed by atoms with E-state index in [2.05, 4.69) is 9.97 Å². The van der Waals surface area contributed by atoms with E-state index in [0.717, 1.165) is 11.3 Å². The van der Waals surface area contributed by atoms with Gasteiger partial charge in [0, 0.05) is 11.1 Å². The van der Waals surface area contributed by atoms with Crippen LogP contribution in [0.25, 0.3) is 22.6 Å². The fourth-order valence-corrected chi connectivity index (χ4v) is 2.82. The van der Waals surface area contributed by atoms with Crippen molar-refractivity contribution >= 4 is 0 Å². The molecule has 1 aromatic heterocycles. The largest absolute Gasteiger partial charge is 0.457 e. The van der Waals surface area contributed by atoms with Crippen molar-refractivity contribution in [3.63, 3.8) is 0 Å². The zero-order valence-electron chi connectivity index (χ0n) is 14.8. The molecular weight excluding hydrogens is 350 g/mol. The number of para-hydroxylation sites is 1. The molecule has 0 saturated heterocycles. The number of aromatic amines is 1. The summed E-state index contributed by atoms with van der Waals surface area (Å²) in [6, 6.07) is 27.9. The van der Waals surface area contributed by atoms with E-state index in [1.165, 1.54) is 0 Å². The van der Waals surface area contributed by atoms with Gasteiger partial charge in [0.2, 0.25) is 0 Å². The highest BCUT2D eigenvalue weighted by Crippen LogP contribution is 2.26. The molecule has 0 aliphatic heterocycles. The number of hydrogen-bond donors (Lipinski definition) is 1. The van der Waals surface area contributed by atoms with E-state index in [4.69, 9.17) is 4.74 Å². The lowest BCUT2D eigenvalue weighted by atomic mass is 10.1. The number of rotatable bonds is 4. The molecule has 0 saturated carbocycles. The number of hydrogen-bond acceptors (Lipinski definition) is 4. The molecule has 4 aromatic rings. The summed E-state index contributed by atoms with van der Waals surface area (Å²) in [4.78, 5) is 19.6. The van der Waals surface area contributed by atoms with Crippen LogP contribution < -0.4 is 10.3 Å². The van der Waals surface area contributed by atoms with Gasteiger partial charge in [-0.25, -0.2) is 4.98 Å². The molecule has 1 N–H and O–H groups in total. The zero-order chi connectivity index (χ0) is 19.3. The van der Waals surface area contributed by atoms with Gasteiger partial charge in [-0.1, -0.05) is 48.5 Å². The Morgan fingerprint density at radius 2 is 1.39 bits per heavy atom. The Hall–Kier alpha value is -4.17. The first-order valence-corrected chi connectivity index (χ1v) is 8.68. The highest BCUT2D eigenvalue weighted by Gasteiger charge is 2.14. The lowest BCUT2D eigenvalue weighted by Crippen LogP contribution is -2.15. The van der Waals surface area contributed by atoms with Gasteiger partial charge in [0.15, 0.2) is 0 Å². The van der Waals surface area contributed by atoms with Crippen molar-refractivity contribution in [2.45, 2.75) is 0 Å². The first-order valence-electron chi connectivity index (χ1n) is 8.68. The second-order valence-electron chi connectivity index (χ2n) is 6.06. The van der Waals surface area contributed by atoms with Crippen LogP contribution in [-0.2, 0) is 0 Å². The average Bonchev–Trinajstić information content (AvgIpc) is 2.75. The van der Waals surface area contributed by atoms with Gasteiger partial charge in [-0.15, -0.1) is 0 Å². The summed E-state index contributed by atoms with van der Waals surface area (Å²) in [7, 11) is 0. The van der Waals surface area contributed by atoms with Gasteiger partial charge in [-0.2, -0.15) is 5.26 Å². The maximum atomic E-state index is 12.4. The summed E-state index contributed by atoms with van der Waals surface area (Å²) >= 11 is 0. The smallest absolute Gasteiger partial charge is 0.269 e. The Balaban J connectivity index is 1.73. The van der Waals surface area contributed by atoms with Gasteiger partial charge in [0.1, 0.15) is 29.0 Å². The molecule has 0 spiro atoms. The van der Waals surface area contributed by atoms with E-state index in [1.54, 1.807) is 24.3 Å². The molecule has 4 rings (SSSR count). The molecular formula is C23H15N3O2. The van der Waals surface area contributed by atoms with Crippen molar-refractivity contribution in [1.29, 1.82) is 5.26 Å². The van der Waals surface area contributed by atoms with Crippen LogP contribution in [0.2, 0.25) is 0 Å². The average molecular weight is 365 g/mol. The van der Waals surface area contributed by atoms with Crippen LogP contribution in [-0.4, -0.2) is 9.97 Å². The van der Waals surface area contributed by atoms with Crippen molar-refractivity contribution in [3.05, 3.63) is 101 Å². The third-order valence-corrected chi connectivity index (χ3v) is 4.19. The third kappa shape index (κ3) is 3.53. The van der Waals surface area contributed by atoms with Crippen LogP contribution in [0.4, 0.5) is 0 Å². The molecule has 0 aliphatic rings. The van der Waals surface area contributed by atoms with Crippen molar-refractivity contribution in [2.24, 2.45) is 0 Å². The van der Waals surface area contributed by atoms with E-state index in [0.29, 0.717) is 22.8 Å². The van der Waals surface area contributed by atoms with Crippen LogP contribution in [0.1, 0.15) is 5.56 Å². The number of nitrogens with zero attached hydrogens (tertiary/aromatic N) is 2. The van der Waals surface area contributed by atoms with Crippen LogP contribution in [0.3, 0.4) is 0 Å². The standard InChI is InChI=1S/C23H15N3O2/c24-15-20-21(25-22(26-23(20)27)17-7-3-1-4-8-17)16-11-13-19(14-12-16)28-18-9-5-2-6-10-18/h1-14H,(H,25,26,27). The Morgan fingerprint density at radius 3 is 2.04 bits per heavy atom. The number of nitriles is 1. The second-order valence-corrected chi connectivity index (χ2v) is 6.06. The molecule has 1 heterocycles. The fraction of sp³-hybridized carbons (Fsp3) is 0. The number of ether oxygens (including phenoxy) is 1. The van der Waals surface area contributed by atoms with E-state index < -0.39 is 5.56 Å². The van der Waals surface area contributed by atoms with E-state index in [1.807, 2.05) is 66.7 Å². The maximum absolute atomic E-state index is 12.4. The molecule has 5 nitrogen and oxygen atoms in total. The van der Waals surface area contributed by atoms with Crippen LogP contribution in [0, 0.1) is 11.3 Å². The van der Waals surface area contributed by atoms with Gasteiger partial charge in [-0.3, -0.25) is 4.79 Å². The molecule has 0 atom stereocenters. The molecule has 0 unspecified atom stereocenters. The summed E-state index contributed by atoms with van der Waals surface area (Å²) in [5.74, 6) is 1.81. The summed E-state index contributed by atoms with van der Waals surface area (Å²) in [5.41, 5.74) is 1.30. The minimum Gasteiger partial charge on any atom is -0.457 e. The van der Waals surface area contributed by atoms with Crippen LogP contribution >= 0.6 is 0 Å². The summed E-state index contributed by atoms with van der Waals surface area (Å²) < 4.78 is 5.79. The minimum atomic E-state index is -0.462. The molecule has 3 aromatic carbocycles. The van der Waals surface area contributed by atoms with Crippen LogP contribution in [0.5, 0.6) is 11.5 Å². The molecule has 28 heavy (non-hydrogen) atoms. The number of aromatic nitrogens is 2. The quantitative estimate of drug-likeness (QED) is 0.565. The second kappa shape index (κ2) is 7.60. The van der Waals surface area contributed by atoms with Crippen molar-refractivity contribution in [3.8, 4) is 40.2 Å². The molecule has 0 fully saturated rings. The van der Waals surface area contributed by atoms with Gasteiger partial charge in [0.05, 0.1) is 5.69 Å². The van der Waals surface area contributed by atoms with Crippen molar-refractivity contribution in [1.82, 2.24) is 9.97 Å². The predicted molar refractivity (Wildman–Crippen MR) is 107 cm³/mol. The maximum Gasteiger partial charge on any atom is 0.269 e. The number of H-pyrrole nitrogens is 1. The summed E-state index contributed by atoms with van der Waals surface area (Å²) in [5, 5.41) is 9.44. The molecule has 5 heteroatoms. The monoisotopic (exact) mass is 365 g/mol.